The van der Waals surface area contributed by atoms with Gasteiger partial charge in [-0.05, 0) is 48.7 Å². The van der Waals surface area contributed by atoms with Crippen molar-refractivity contribution in [3.63, 3.8) is 0 Å². The Hall–Kier alpha value is -4.26. The van der Waals surface area contributed by atoms with E-state index in [1.807, 2.05) is 37.3 Å². The average Bonchev–Trinajstić information content (AvgIpc) is 3.16. The Morgan fingerprint density at radius 2 is 1.61 bits per heavy atom. The lowest BCUT2D eigenvalue weighted by Crippen LogP contribution is -2.31. The Balaban J connectivity index is 1.75. The van der Waals surface area contributed by atoms with Crippen LogP contribution in [0.2, 0.25) is 0 Å². The highest BCUT2D eigenvalue weighted by atomic mass is 16.5. The maximum atomic E-state index is 13.3. The van der Waals surface area contributed by atoms with E-state index in [-0.39, 0.29) is 17.9 Å². The first-order chi connectivity index (χ1) is 17.4. The van der Waals surface area contributed by atoms with Crippen LogP contribution in [0.4, 0.5) is 0 Å². The maximum absolute atomic E-state index is 13.3. The number of ether oxygens (including phenoxy) is 3. The number of hydrogen-bond donors (Lipinski definition) is 1. The third kappa shape index (κ3) is 4.77. The summed E-state index contributed by atoms with van der Waals surface area (Å²) in [6, 6.07) is 19.2. The van der Waals surface area contributed by atoms with Crippen molar-refractivity contribution in [3.05, 3.63) is 94.6 Å². The summed E-state index contributed by atoms with van der Waals surface area (Å²) in [5, 5.41) is 11.2. The molecule has 36 heavy (non-hydrogen) atoms. The van der Waals surface area contributed by atoms with Crippen molar-refractivity contribution in [2.75, 3.05) is 27.9 Å². The van der Waals surface area contributed by atoms with Crippen LogP contribution >= 0.6 is 0 Å². The fourth-order valence-electron chi connectivity index (χ4n) is 4.42. The monoisotopic (exact) mass is 487 g/mol. The van der Waals surface area contributed by atoms with Crippen LogP contribution in [-0.4, -0.2) is 49.6 Å². The highest BCUT2D eigenvalue weighted by Gasteiger charge is 2.46. The number of hydrogen-bond acceptors (Lipinski definition) is 6. The quantitative estimate of drug-likeness (QED) is 0.282. The number of likely N-dealkylation sites (tertiary alicyclic amines) is 1. The second-order valence-electron chi connectivity index (χ2n) is 8.57. The first-order valence-corrected chi connectivity index (χ1v) is 11.6. The molecule has 1 heterocycles. The lowest BCUT2D eigenvalue weighted by molar-refractivity contribution is -0.139. The number of amides is 1. The van der Waals surface area contributed by atoms with E-state index in [9.17, 15) is 14.7 Å². The van der Waals surface area contributed by atoms with Crippen LogP contribution in [0.15, 0.2) is 72.3 Å². The number of carbonyl (C=O) groups excluding carboxylic acids is 2. The molecule has 0 saturated carbocycles. The molecule has 4 rings (SSSR count). The summed E-state index contributed by atoms with van der Waals surface area (Å²) in [6.07, 6.45) is 0.471. The zero-order valence-corrected chi connectivity index (χ0v) is 20.8. The number of aryl methyl sites for hydroxylation is 1. The molecule has 1 amide bonds. The molecule has 7 heteroatoms. The summed E-state index contributed by atoms with van der Waals surface area (Å²) in [5.41, 5.74) is 3.15. The molecule has 0 spiro atoms. The molecule has 1 saturated heterocycles. The molecule has 1 aliphatic rings. The number of rotatable bonds is 8. The first-order valence-electron chi connectivity index (χ1n) is 11.6. The van der Waals surface area contributed by atoms with Gasteiger partial charge >= 0.3 is 0 Å². The van der Waals surface area contributed by atoms with Crippen molar-refractivity contribution in [1.82, 2.24) is 4.90 Å². The smallest absolute Gasteiger partial charge is 0.295 e. The van der Waals surface area contributed by atoms with Gasteiger partial charge in [0.15, 0.2) is 11.5 Å². The van der Waals surface area contributed by atoms with Crippen LogP contribution in [0.5, 0.6) is 17.2 Å². The van der Waals surface area contributed by atoms with E-state index in [2.05, 4.69) is 0 Å². The molecule has 0 unspecified atom stereocenters. The van der Waals surface area contributed by atoms with E-state index in [0.717, 1.165) is 11.1 Å². The summed E-state index contributed by atoms with van der Waals surface area (Å²) in [6.45, 7) is 2.19. The van der Waals surface area contributed by atoms with E-state index in [1.54, 1.807) is 57.7 Å². The predicted molar refractivity (Wildman–Crippen MR) is 136 cm³/mol. The van der Waals surface area contributed by atoms with Gasteiger partial charge in [-0.25, -0.2) is 0 Å². The molecule has 3 aromatic carbocycles. The summed E-state index contributed by atoms with van der Waals surface area (Å²) in [5.74, 6) is 0.213. The van der Waals surface area contributed by atoms with E-state index in [1.165, 1.54) is 4.90 Å². The minimum Gasteiger partial charge on any atom is -0.507 e. The molecular formula is C29H29NO6. The number of benzene rings is 3. The van der Waals surface area contributed by atoms with Gasteiger partial charge in [0.05, 0.1) is 32.9 Å². The molecule has 0 bridgehead atoms. The zero-order chi connectivity index (χ0) is 25.8. The Labute approximate surface area is 210 Å². The molecule has 1 atom stereocenters. The van der Waals surface area contributed by atoms with E-state index >= 15 is 0 Å². The Bertz CT molecular complexity index is 1310. The zero-order valence-electron chi connectivity index (χ0n) is 20.8. The molecule has 1 fully saturated rings. The molecular weight excluding hydrogens is 458 g/mol. The van der Waals surface area contributed by atoms with E-state index < -0.39 is 17.7 Å². The molecule has 7 nitrogen and oxygen atoms in total. The average molecular weight is 488 g/mol. The van der Waals surface area contributed by atoms with Crippen LogP contribution < -0.4 is 14.2 Å². The van der Waals surface area contributed by atoms with Gasteiger partial charge in [0.1, 0.15) is 11.5 Å². The number of ketones is 1. The maximum Gasteiger partial charge on any atom is 0.295 e. The predicted octanol–water partition coefficient (Wildman–Crippen LogP) is 4.69. The van der Waals surface area contributed by atoms with Crippen molar-refractivity contribution in [2.45, 2.75) is 19.4 Å². The van der Waals surface area contributed by atoms with Crippen LogP contribution in [0.1, 0.15) is 28.3 Å². The molecule has 0 aliphatic carbocycles. The van der Waals surface area contributed by atoms with E-state index in [4.69, 9.17) is 14.2 Å². The van der Waals surface area contributed by atoms with Gasteiger partial charge < -0.3 is 24.2 Å². The first kappa shape index (κ1) is 24.9. The summed E-state index contributed by atoms with van der Waals surface area (Å²) in [7, 11) is 4.69. The van der Waals surface area contributed by atoms with Gasteiger partial charge in [-0.1, -0.05) is 48.0 Å². The third-order valence-corrected chi connectivity index (χ3v) is 6.36. The van der Waals surface area contributed by atoms with Crippen molar-refractivity contribution >= 4 is 17.4 Å². The lowest BCUT2D eigenvalue weighted by atomic mass is 9.94. The normalized spacial score (nSPS) is 16.8. The number of Topliss-reactive ketones (excluding diaryl/α,β-unsaturated/α-hetero) is 1. The SMILES string of the molecule is COc1cccc([C@@H]2C(=C(O)c3ccc(C)cc3)C(=O)C(=O)N2CCc2ccc(OC)c(OC)c2)c1. The van der Waals surface area contributed by atoms with Crippen molar-refractivity contribution in [1.29, 1.82) is 0 Å². The van der Waals surface area contributed by atoms with Gasteiger partial charge in [-0.15, -0.1) is 0 Å². The molecule has 186 valence electrons. The van der Waals surface area contributed by atoms with Crippen molar-refractivity contribution < 1.29 is 28.9 Å². The molecule has 1 aliphatic heterocycles. The highest BCUT2D eigenvalue weighted by molar-refractivity contribution is 6.46. The van der Waals surface area contributed by atoms with Crippen LogP contribution in [0.25, 0.3) is 5.76 Å². The van der Waals surface area contributed by atoms with Gasteiger partial charge in [0.25, 0.3) is 11.7 Å². The molecule has 0 radical (unpaired) electrons. The fraction of sp³-hybridized carbons (Fsp3) is 0.241. The van der Waals surface area contributed by atoms with Crippen molar-refractivity contribution in [3.8, 4) is 17.2 Å². The molecule has 0 aromatic heterocycles. The Morgan fingerprint density at radius 1 is 0.889 bits per heavy atom. The van der Waals surface area contributed by atoms with Gasteiger partial charge in [0, 0.05) is 12.1 Å². The summed E-state index contributed by atoms with van der Waals surface area (Å²) in [4.78, 5) is 28.0. The van der Waals surface area contributed by atoms with Crippen LogP contribution in [0, 0.1) is 6.92 Å². The lowest BCUT2D eigenvalue weighted by Gasteiger charge is -2.26. The molecule has 1 N–H and O–H groups in total. The van der Waals surface area contributed by atoms with Crippen LogP contribution in [-0.2, 0) is 16.0 Å². The van der Waals surface area contributed by atoms with Gasteiger partial charge in [-0.3, -0.25) is 9.59 Å². The molecule has 3 aromatic rings. The Morgan fingerprint density at radius 3 is 2.28 bits per heavy atom. The van der Waals surface area contributed by atoms with Crippen molar-refractivity contribution in [2.24, 2.45) is 0 Å². The van der Waals surface area contributed by atoms with Crippen LogP contribution in [0.3, 0.4) is 0 Å². The summed E-state index contributed by atoms with van der Waals surface area (Å²) >= 11 is 0. The fourth-order valence-corrected chi connectivity index (χ4v) is 4.42. The number of carbonyl (C=O) groups is 2. The second-order valence-corrected chi connectivity index (χ2v) is 8.57. The number of aliphatic hydroxyl groups excluding tert-OH is 1. The topological polar surface area (TPSA) is 85.3 Å². The second kappa shape index (κ2) is 10.6. The minimum absolute atomic E-state index is 0.0596. The standard InChI is InChI=1S/C29H29NO6/c1-18-8-11-20(12-9-18)27(31)25-26(21-6-5-7-22(17-21)34-2)30(29(33)28(25)32)15-14-19-10-13-23(35-3)24(16-19)36-4/h5-13,16-17,26,31H,14-15H2,1-4H3/t26-/m1/s1. The summed E-state index contributed by atoms with van der Waals surface area (Å²) < 4.78 is 16.1. The number of methoxy groups -OCH3 is 3. The number of aliphatic hydroxyl groups is 1. The minimum atomic E-state index is -0.762. The highest BCUT2D eigenvalue weighted by Crippen LogP contribution is 2.40. The van der Waals surface area contributed by atoms with E-state index in [0.29, 0.717) is 34.8 Å². The van der Waals surface area contributed by atoms with Gasteiger partial charge in [0.2, 0.25) is 0 Å². The number of nitrogens with zero attached hydrogens (tertiary/aromatic N) is 1. The Kier molecular flexibility index (Phi) is 7.29. The largest absolute Gasteiger partial charge is 0.507 e. The third-order valence-electron chi connectivity index (χ3n) is 6.36. The van der Waals surface area contributed by atoms with Gasteiger partial charge in [-0.2, -0.15) is 0 Å².